The number of anilines is 2. The number of nitrogens with zero attached hydrogens (tertiary/aromatic N) is 3. The molecule has 1 aliphatic heterocycles. The maximum Gasteiger partial charge on any atom is 0.573 e. The Kier molecular flexibility index (Phi) is 7.07. The molecular formula is C26H27F3N4O3. The van der Waals surface area contributed by atoms with Crippen molar-refractivity contribution in [2.24, 2.45) is 0 Å². The number of amides is 1. The molecule has 1 aliphatic rings. The van der Waals surface area contributed by atoms with E-state index in [1.807, 2.05) is 6.07 Å². The number of nitrogens with one attached hydrogen (secondary N) is 1. The van der Waals surface area contributed by atoms with Crippen LogP contribution in [-0.4, -0.2) is 48.0 Å². The number of hydrogen-bond acceptors (Lipinski definition) is 6. The van der Waals surface area contributed by atoms with E-state index in [4.69, 9.17) is 4.74 Å². The molecule has 0 saturated carbocycles. The number of alkyl halides is 3. The van der Waals surface area contributed by atoms with E-state index in [1.54, 1.807) is 55.9 Å². The first kappa shape index (κ1) is 25.3. The van der Waals surface area contributed by atoms with Crippen molar-refractivity contribution in [2.75, 3.05) is 30.5 Å². The average Bonchev–Trinajstić information content (AvgIpc) is 3.13. The highest BCUT2D eigenvalue weighted by Gasteiger charge is 2.37. The van der Waals surface area contributed by atoms with Gasteiger partial charge in [0.15, 0.2) is 0 Å². The largest absolute Gasteiger partial charge is 0.573 e. The first-order chi connectivity index (χ1) is 17.0. The van der Waals surface area contributed by atoms with Gasteiger partial charge in [-0.25, -0.2) is 0 Å². The van der Waals surface area contributed by atoms with Crippen LogP contribution in [0.2, 0.25) is 0 Å². The molecule has 36 heavy (non-hydrogen) atoms. The molecule has 3 aromatic rings. The Morgan fingerprint density at radius 3 is 2.36 bits per heavy atom. The topological polar surface area (TPSA) is 66.9 Å². The highest BCUT2D eigenvalue weighted by Crippen LogP contribution is 2.33. The molecule has 0 spiro atoms. The fourth-order valence-corrected chi connectivity index (χ4v) is 4.13. The van der Waals surface area contributed by atoms with Crippen molar-refractivity contribution in [3.05, 3.63) is 78.1 Å². The SMILES string of the molecule is COc1ccc(C(=O)Nc2cnccc2CN2CN(c3ccc(OC(F)(F)F)cc3)CC2(C)C)cc1. The number of benzene rings is 2. The standard InChI is InChI=1S/C26H27F3N4O3/c1-25(2)16-32(20-6-10-22(11-7-20)36-26(27,28)29)17-33(25)15-19-12-13-30-14-23(19)31-24(34)18-4-8-21(35-3)9-5-18/h4-14H,15-17H2,1-3H3,(H,31,34). The van der Waals surface area contributed by atoms with Crippen molar-refractivity contribution < 1.29 is 27.4 Å². The quantitative estimate of drug-likeness (QED) is 0.475. The first-order valence-corrected chi connectivity index (χ1v) is 11.3. The molecule has 1 N–H and O–H groups in total. The minimum absolute atomic E-state index is 0.234. The van der Waals surface area contributed by atoms with Gasteiger partial charge in [-0.3, -0.25) is 14.7 Å². The molecule has 1 fully saturated rings. The molecule has 2 aromatic carbocycles. The molecule has 1 aromatic heterocycles. The van der Waals surface area contributed by atoms with Gasteiger partial charge < -0.3 is 19.7 Å². The first-order valence-electron chi connectivity index (χ1n) is 11.3. The number of ether oxygens (including phenoxy) is 2. The lowest BCUT2D eigenvalue weighted by atomic mass is 10.0. The number of aromatic nitrogens is 1. The van der Waals surface area contributed by atoms with E-state index < -0.39 is 6.36 Å². The van der Waals surface area contributed by atoms with Gasteiger partial charge in [-0.05, 0) is 74.0 Å². The Balaban J connectivity index is 1.46. The van der Waals surface area contributed by atoms with Crippen LogP contribution in [0.4, 0.5) is 24.5 Å². The highest BCUT2D eigenvalue weighted by molar-refractivity contribution is 6.04. The lowest BCUT2D eigenvalue weighted by molar-refractivity contribution is -0.274. The number of methoxy groups -OCH3 is 1. The van der Waals surface area contributed by atoms with E-state index in [1.165, 1.54) is 12.1 Å². The third kappa shape index (κ3) is 6.06. The number of pyridine rings is 1. The van der Waals surface area contributed by atoms with Crippen molar-refractivity contribution in [3.63, 3.8) is 0 Å². The molecule has 10 heteroatoms. The average molecular weight is 501 g/mol. The number of rotatable bonds is 7. The molecule has 2 heterocycles. The Hall–Kier alpha value is -3.79. The van der Waals surface area contributed by atoms with E-state index in [0.717, 1.165) is 11.3 Å². The molecule has 7 nitrogen and oxygen atoms in total. The zero-order valence-electron chi connectivity index (χ0n) is 20.2. The van der Waals surface area contributed by atoms with Crippen LogP contribution in [-0.2, 0) is 6.54 Å². The fourth-order valence-electron chi connectivity index (χ4n) is 4.13. The van der Waals surface area contributed by atoms with Crippen LogP contribution in [0, 0.1) is 0 Å². The van der Waals surface area contributed by atoms with E-state index in [2.05, 4.69) is 38.7 Å². The molecule has 0 unspecified atom stereocenters. The fraction of sp³-hybridized carbons (Fsp3) is 0.308. The van der Waals surface area contributed by atoms with E-state index in [0.29, 0.717) is 36.8 Å². The van der Waals surface area contributed by atoms with Crippen molar-refractivity contribution >= 4 is 17.3 Å². The summed E-state index contributed by atoms with van der Waals surface area (Å²) in [6, 6.07) is 14.6. The van der Waals surface area contributed by atoms with Gasteiger partial charge in [0.05, 0.1) is 25.7 Å². The summed E-state index contributed by atoms with van der Waals surface area (Å²) in [5.74, 6) is 0.155. The van der Waals surface area contributed by atoms with E-state index >= 15 is 0 Å². The second-order valence-electron chi connectivity index (χ2n) is 9.11. The number of carbonyl (C=O) groups excluding carboxylic acids is 1. The molecule has 1 amide bonds. The number of hydrogen-bond donors (Lipinski definition) is 1. The Morgan fingerprint density at radius 2 is 1.72 bits per heavy atom. The predicted octanol–water partition coefficient (Wildman–Crippen LogP) is 5.30. The second-order valence-corrected chi connectivity index (χ2v) is 9.11. The number of halogens is 3. The monoisotopic (exact) mass is 500 g/mol. The van der Waals surface area contributed by atoms with Gasteiger partial charge in [0.1, 0.15) is 11.5 Å². The maximum atomic E-state index is 12.8. The summed E-state index contributed by atoms with van der Waals surface area (Å²) in [6.45, 7) is 5.97. The molecule has 190 valence electrons. The predicted molar refractivity (Wildman–Crippen MR) is 130 cm³/mol. The van der Waals surface area contributed by atoms with Gasteiger partial charge in [-0.15, -0.1) is 13.2 Å². The lowest BCUT2D eigenvalue weighted by Crippen LogP contribution is -2.39. The Morgan fingerprint density at radius 1 is 1.06 bits per heavy atom. The second kappa shape index (κ2) is 10.1. The molecule has 0 bridgehead atoms. The summed E-state index contributed by atoms with van der Waals surface area (Å²) in [4.78, 5) is 21.3. The third-order valence-corrected chi connectivity index (χ3v) is 6.08. The normalized spacial score (nSPS) is 15.6. The third-order valence-electron chi connectivity index (χ3n) is 6.08. The molecule has 0 atom stereocenters. The van der Waals surface area contributed by atoms with Crippen molar-refractivity contribution in [1.82, 2.24) is 9.88 Å². The van der Waals surface area contributed by atoms with Crippen LogP contribution in [0.25, 0.3) is 0 Å². The van der Waals surface area contributed by atoms with Gasteiger partial charge in [0.25, 0.3) is 5.91 Å². The van der Waals surface area contributed by atoms with Gasteiger partial charge >= 0.3 is 6.36 Å². The van der Waals surface area contributed by atoms with Crippen LogP contribution >= 0.6 is 0 Å². The van der Waals surface area contributed by atoms with E-state index in [-0.39, 0.29) is 17.2 Å². The van der Waals surface area contributed by atoms with Crippen molar-refractivity contribution in [2.45, 2.75) is 32.3 Å². The van der Waals surface area contributed by atoms with Gasteiger partial charge in [-0.1, -0.05) is 0 Å². The van der Waals surface area contributed by atoms with Gasteiger partial charge in [0.2, 0.25) is 0 Å². The zero-order chi connectivity index (χ0) is 25.9. The van der Waals surface area contributed by atoms with E-state index in [9.17, 15) is 18.0 Å². The van der Waals surface area contributed by atoms with Crippen LogP contribution in [0.1, 0.15) is 29.8 Å². The lowest BCUT2D eigenvalue weighted by Gasteiger charge is -2.30. The molecular weight excluding hydrogens is 473 g/mol. The number of carbonyl (C=O) groups is 1. The molecule has 0 radical (unpaired) electrons. The van der Waals surface area contributed by atoms with Gasteiger partial charge in [-0.2, -0.15) is 0 Å². The van der Waals surface area contributed by atoms with Crippen molar-refractivity contribution in [3.8, 4) is 11.5 Å². The molecule has 0 aliphatic carbocycles. The van der Waals surface area contributed by atoms with Crippen LogP contribution in [0.5, 0.6) is 11.5 Å². The zero-order valence-corrected chi connectivity index (χ0v) is 20.2. The summed E-state index contributed by atoms with van der Waals surface area (Å²) in [5.41, 5.74) is 2.57. The highest BCUT2D eigenvalue weighted by atomic mass is 19.4. The summed E-state index contributed by atoms with van der Waals surface area (Å²) >= 11 is 0. The summed E-state index contributed by atoms with van der Waals surface area (Å²) in [7, 11) is 1.56. The smallest absolute Gasteiger partial charge is 0.497 e. The van der Waals surface area contributed by atoms with Gasteiger partial charge in [0, 0.05) is 36.1 Å². The van der Waals surface area contributed by atoms with Crippen LogP contribution in [0.3, 0.4) is 0 Å². The summed E-state index contributed by atoms with van der Waals surface area (Å²) in [6.07, 6.45) is -1.42. The molecule has 4 rings (SSSR count). The van der Waals surface area contributed by atoms with Crippen LogP contribution in [0.15, 0.2) is 67.0 Å². The Labute approximate surface area is 207 Å². The van der Waals surface area contributed by atoms with Crippen molar-refractivity contribution in [1.29, 1.82) is 0 Å². The maximum absolute atomic E-state index is 12.8. The summed E-state index contributed by atoms with van der Waals surface area (Å²) in [5, 5.41) is 2.95. The van der Waals surface area contributed by atoms with Crippen LogP contribution < -0.4 is 19.7 Å². The minimum atomic E-state index is -4.72. The minimum Gasteiger partial charge on any atom is -0.497 e. The summed E-state index contributed by atoms with van der Waals surface area (Å²) < 4.78 is 46.5. The molecule has 1 saturated heterocycles. The Bertz CT molecular complexity index is 1200.